The number of carboxylic acids is 1. The van der Waals surface area contributed by atoms with Crippen molar-refractivity contribution in [3.63, 3.8) is 0 Å². The first-order chi connectivity index (χ1) is 16.9. The van der Waals surface area contributed by atoms with Crippen LogP contribution in [0, 0.1) is 5.92 Å². The smallest absolute Gasteiger partial charge is 0.412 e. The van der Waals surface area contributed by atoms with Gasteiger partial charge in [0.1, 0.15) is 18.2 Å². The van der Waals surface area contributed by atoms with Crippen molar-refractivity contribution >= 4 is 23.8 Å². The first kappa shape index (κ1) is 22.6. The van der Waals surface area contributed by atoms with Gasteiger partial charge in [-0.2, -0.15) is 5.10 Å². The van der Waals surface area contributed by atoms with Crippen LogP contribution >= 0.6 is 0 Å². The van der Waals surface area contributed by atoms with Gasteiger partial charge in [0, 0.05) is 19.2 Å². The summed E-state index contributed by atoms with van der Waals surface area (Å²) in [5.74, 6) is -1.46. The summed E-state index contributed by atoms with van der Waals surface area (Å²) in [5, 5.41) is 18.7. The Labute approximate surface area is 202 Å². The Morgan fingerprint density at radius 3 is 2.31 bits per heavy atom. The Kier molecular flexibility index (Phi) is 5.98. The van der Waals surface area contributed by atoms with Gasteiger partial charge in [0.2, 0.25) is 0 Å². The van der Waals surface area contributed by atoms with Crippen molar-refractivity contribution in [1.82, 2.24) is 15.1 Å². The second-order valence-corrected chi connectivity index (χ2v) is 9.06. The number of hydrogen-bond donors (Lipinski definition) is 3. The molecule has 0 saturated heterocycles. The predicted octanol–water partition coefficient (Wildman–Crippen LogP) is 3.76. The molecule has 3 N–H and O–H groups in total. The van der Waals surface area contributed by atoms with Gasteiger partial charge in [-0.15, -0.1) is 0 Å². The van der Waals surface area contributed by atoms with Crippen molar-refractivity contribution in [1.29, 1.82) is 0 Å². The van der Waals surface area contributed by atoms with Crippen molar-refractivity contribution in [3.8, 4) is 11.1 Å². The lowest BCUT2D eigenvalue weighted by Crippen LogP contribution is -2.41. The van der Waals surface area contributed by atoms with Crippen LogP contribution in [0.5, 0.6) is 0 Å². The van der Waals surface area contributed by atoms with Gasteiger partial charge in [-0.05, 0) is 34.6 Å². The molecule has 0 spiro atoms. The molecule has 1 fully saturated rings. The zero-order valence-electron chi connectivity index (χ0n) is 19.2. The molecule has 5 rings (SSSR count). The number of fused-ring (bicyclic) bond motifs is 3. The quantitative estimate of drug-likeness (QED) is 0.457. The summed E-state index contributed by atoms with van der Waals surface area (Å²) >= 11 is 0. The molecule has 35 heavy (non-hydrogen) atoms. The molecule has 9 nitrogen and oxygen atoms in total. The van der Waals surface area contributed by atoms with Gasteiger partial charge >= 0.3 is 12.1 Å². The lowest BCUT2D eigenvalue weighted by atomic mass is 9.98. The highest BCUT2D eigenvalue weighted by Gasteiger charge is 2.32. The molecule has 1 atom stereocenters. The van der Waals surface area contributed by atoms with E-state index in [-0.39, 0.29) is 23.9 Å². The molecule has 180 valence electrons. The van der Waals surface area contributed by atoms with E-state index in [0.717, 1.165) is 35.1 Å². The third-order valence-electron chi connectivity index (χ3n) is 6.51. The number of carboxylic acid groups (broad SMARTS) is 1. The second kappa shape index (κ2) is 9.25. The average Bonchev–Trinajstić information content (AvgIpc) is 3.50. The fourth-order valence-electron chi connectivity index (χ4n) is 4.62. The van der Waals surface area contributed by atoms with E-state index in [1.807, 2.05) is 36.4 Å². The molecule has 0 bridgehead atoms. The Morgan fingerprint density at radius 1 is 1.09 bits per heavy atom. The Bertz CT molecular complexity index is 1250. The molecule has 0 aliphatic heterocycles. The van der Waals surface area contributed by atoms with Gasteiger partial charge in [-0.3, -0.25) is 14.8 Å². The largest absolute Gasteiger partial charge is 0.480 e. The van der Waals surface area contributed by atoms with E-state index in [0.29, 0.717) is 12.3 Å². The van der Waals surface area contributed by atoms with E-state index in [1.165, 1.54) is 10.9 Å². The summed E-state index contributed by atoms with van der Waals surface area (Å²) in [5.41, 5.74) is 4.51. The number of aliphatic carboxylic acids is 1. The van der Waals surface area contributed by atoms with E-state index in [1.54, 1.807) is 7.05 Å². The van der Waals surface area contributed by atoms with Crippen LogP contribution in [-0.2, 0) is 16.6 Å². The van der Waals surface area contributed by atoms with Crippen LogP contribution in [0.2, 0.25) is 0 Å². The summed E-state index contributed by atoms with van der Waals surface area (Å²) in [6.45, 7) is 0.122. The number of aromatic nitrogens is 2. The molecule has 2 aromatic carbocycles. The van der Waals surface area contributed by atoms with Crippen LogP contribution in [0.1, 0.15) is 46.7 Å². The zero-order valence-corrected chi connectivity index (χ0v) is 19.2. The fraction of sp³-hybridized carbons (Fsp3) is 0.308. The van der Waals surface area contributed by atoms with E-state index in [9.17, 15) is 19.5 Å². The molecule has 0 unspecified atom stereocenters. The first-order valence-corrected chi connectivity index (χ1v) is 11.6. The van der Waals surface area contributed by atoms with Crippen molar-refractivity contribution in [2.75, 3.05) is 11.9 Å². The Morgan fingerprint density at radius 2 is 1.71 bits per heavy atom. The highest BCUT2D eigenvalue weighted by molar-refractivity contribution is 6.02. The van der Waals surface area contributed by atoms with Crippen LogP contribution in [0.4, 0.5) is 10.6 Å². The van der Waals surface area contributed by atoms with Gasteiger partial charge in [-0.1, -0.05) is 61.4 Å². The van der Waals surface area contributed by atoms with Crippen molar-refractivity contribution in [2.45, 2.75) is 31.2 Å². The van der Waals surface area contributed by atoms with E-state index in [2.05, 4.69) is 27.9 Å². The van der Waals surface area contributed by atoms with Gasteiger partial charge in [0.15, 0.2) is 5.82 Å². The molecule has 3 aromatic rings. The number of amides is 2. The maximum absolute atomic E-state index is 12.8. The molecule has 2 aliphatic carbocycles. The lowest BCUT2D eigenvalue weighted by Gasteiger charge is -2.15. The summed E-state index contributed by atoms with van der Waals surface area (Å²) < 4.78 is 6.92. The molecule has 1 heterocycles. The normalized spacial score (nSPS) is 15.1. The predicted molar refractivity (Wildman–Crippen MR) is 128 cm³/mol. The number of hydrogen-bond acceptors (Lipinski definition) is 5. The third kappa shape index (κ3) is 4.75. The highest BCUT2D eigenvalue weighted by Crippen LogP contribution is 2.44. The highest BCUT2D eigenvalue weighted by atomic mass is 16.5. The minimum Gasteiger partial charge on any atom is -0.480 e. The molecule has 1 saturated carbocycles. The van der Waals surface area contributed by atoms with Crippen molar-refractivity contribution in [2.24, 2.45) is 13.0 Å². The molecule has 9 heteroatoms. The first-order valence-electron chi connectivity index (χ1n) is 11.6. The number of rotatable bonds is 8. The summed E-state index contributed by atoms with van der Waals surface area (Å²) in [6, 6.07) is 15.1. The Balaban J connectivity index is 1.26. The SMILES string of the molecule is Cn1cc(C(=O)N[C@@H](CC2CC2)C(=O)O)c(NC(=O)OCC2c3ccccc3-c3ccccc32)n1. The maximum atomic E-state index is 12.8. The van der Waals surface area contributed by atoms with Gasteiger partial charge in [-0.25, -0.2) is 9.59 Å². The number of nitrogens with one attached hydrogen (secondary N) is 2. The van der Waals surface area contributed by atoms with Crippen LogP contribution in [0.3, 0.4) is 0 Å². The summed E-state index contributed by atoms with van der Waals surface area (Å²) in [6.07, 6.45) is 3.02. The third-order valence-corrected chi connectivity index (χ3v) is 6.51. The molecule has 1 aromatic heterocycles. The molecule has 2 aliphatic rings. The van der Waals surface area contributed by atoms with E-state index in [4.69, 9.17) is 4.74 Å². The number of anilines is 1. The molecule has 0 radical (unpaired) electrons. The fourth-order valence-corrected chi connectivity index (χ4v) is 4.62. The minimum atomic E-state index is -1.08. The molecular formula is C26H26N4O5. The Hall–Kier alpha value is -4.14. The number of carbonyl (C=O) groups is 3. The zero-order chi connectivity index (χ0) is 24.5. The molecular weight excluding hydrogens is 448 g/mol. The number of ether oxygens (including phenoxy) is 1. The van der Waals surface area contributed by atoms with Gasteiger partial charge < -0.3 is 15.2 Å². The number of nitrogens with zero attached hydrogens (tertiary/aromatic N) is 2. The number of carbonyl (C=O) groups excluding carboxylic acids is 2. The van der Waals surface area contributed by atoms with Crippen LogP contribution < -0.4 is 10.6 Å². The van der Waals surface area contributed by atoms with Gasteiger partial charge in [0.05, 0.1) is 0 Å². The monoisotopic (exact) mass is 474 g/mol. The number of aryl methyl sites for hydroxylation is 1. The topological polar surface area (TPSA) is 123 Å². The standard InChI is InChI=1S/C26H26N4O5/c1-30-13-20(24(31)27-22(25(32)33)12-15-10-11-15)23(29-30)28-26(34)35-14-21-18-8-4-2-6-16(18)17-7-3-5-9-19(17)21/h2-9,13,15,21-22H,10-12,14H2,1H3,(H,27,31)(H,32,33)(H,28,29,34)/t22-/m0/s1. The van der Waals surface area contributed by atoms with E-state index < -0.39 is 24.0 Å². The summed E-state index contributed by atoms with van der Waals surface area (Å²) in [4.78, 5) is 37.0. The van der Waals surface area contributed by atoms with Crippen LogP contribution in [-0.4, -0.2) is 45.5 Å². The van der Waals surface area contributed by atoms with Crippen molar-refractivity contribution in [3.05, 3.63) is 71.4 Å². The van der Waals surface area contributed by atoms with Gasteiger partial charge in [0.25, 0.3) is 5.91 Å². The van der Waals surface area contributed by atoms with Crippen molar-refractivity contribution < 1.29 is 24.2 Å². The molecule has 2 amide bonds. The second-order valence-electron chi connectivity index (χ2n) is 9.06. The van der Waals surface area contributed by atoms with E-state index >= 15 is 0 Å². The summed E-state index contributed by atoms with van der Waals surface area (Å²) in [7, 11) is 1.61. The minimum absolute atomic E-state index is 0.0118. The van der Waals surface area contributed by atoms with Crippen LogP contribution in [0.25, 0.3) is 11.1 Å². The number of benzene rings is 2. The lowest BCUT2D eigenvalue weighted by molar-refractivity contribution is -0.139. The average molecular weight is 475 g/mol. The maximum Gasteiger partial charge on any atom is 0.412 e. The van der Waals surface area contributed by atoms with Crippen LogP contribution in [0.15, 0.2) is 54.7 Å².